The highest BCUT2D eigenvalue weighted by atomic mass is 16.5. The third-order valence-corrected chi connectivity index (χ3v) is 5.73. The molecule has 2 heterocycles. The molecule has 2 aliphatic heterocycles. The largest absolute Gasteiger partial charge is 0.497 e. The molecule has 0 saturated carbocycles. The van der Waals surface area contributed by atoms with Gasteiger partial charge in [-0.25, -0.2) is 0 Å². The standard InChI is InChI=1S/C19H27N3O3/c1-14(18(20)24)21-8-6-19(7-9-21)11-17(23)22(13-19)12-15-4-3-5-16(10-15)25-2/h3-5,10,14H,6-9,11-13H2,1-2H3,(H2,20,24). The van der Waals surface area contributed by atoms with Gasteiger partial charge >= 0.3 is 0 Å². The Bertz CT molecular complexity index is 653. The van der Waals surface area contributed by atoms with Crippen LogP contribution in [0.2, 0.25) is 0 Å². The minimum Gasteiger partial charge on any atom is -0.497 e. The van der Waals surface area contributed by atoms with Crippen LogP contribution in [0, 0.1) is 5.41 Å². The number of ether oxygens (including phenoxy) is 1. The monoisotopic (exact) mass is 345 g/mol. The van der Waals surface area contributed by atoms with Gasteiger partial charge in [-0.2, -0.15) is 0 Å². The first-order valence-corrected chi connectivity index (χ1v) is 8.86. The lowest BCUT2D eigenvalue weighted by atomic mass is 9.77. The van der Waals surface area contributed by atoms with Gasteiger partial charge in [0.15, 0.2) is 0 Å². The summed E-state index contributed by atoms with van der Waals surface area (Å²) in [7, 11) is 1.65. The van der Waals surface area contributed by atoms with Crippen molar-refractivity contribution < 1.29 is 14.3 Å². The van der Waals surface area contributed by atoms with E-state index >= 15 is 0 Å². The van der Waals surface area contributed by atoms with Crippen LogP contribution in [0.25, 0.3) is 0 Å². The fourth-order valence-corrected chi connectivity index (χ4v) is 4.02. The van der Waals surface area contributed by atoms with Gasteiger partial charge in [0.2, 0.25) is 11.8 Å². The predicted molar refractivity (Wildman–Crippen MR) is 94.9 cm³/mol. The number of hydrogen-bond acceptors (Lipinski definition) is 4. The summed E-state index contributed by atoms with van der Waals surface area (Å²) in [6, 6.07) is 7.64. The smallest absolute Gasteiger partial charge is 0.234 e. The molecule has 0 radical (unpaired) electrons. The SMILES string of the molecule is COc1cccc(CN2CC3(CCN(C(C)C(N)=O)CC3)CC2=O)c1. The molecule has 1 spiro atoms. The van der Waals surface area contributed by atoms with Crippen molar-refractivity contribution in [3.63, 3.8) is 0 Å². The first-order chi connectivity index (χ1) is 11.9. The van der Waals surface area contributed by atoms with Crippen LogP contribution < -0.4 is 10.5 Å². The zero-order valence-electron chi connectivity index (χ0n) is 15.0. The lowest BCUT2D eigenvalue weighted by molar-refractivity contribution is -0.128. The van der Waals surface area contributed by atoms with Crippen LogP contribution in [0.4, 0.5) is 0 Å². The summed E-state index contributed by atoms with van der Waals surface area (Å²) in [6.07, 6.45) is 2.48. The molecule has 1 aromatic rings. The predicted octanol–water partition coefficient (Wildman–Crippen LogP) is 1.38. The van der Waals surface area contributed by atoms with Crippen molar-refractivity contribution >= 4 is 11.8 Å². The number of nitrogens with zero attached hydrogens (tertiary/aromatic N) is 2. The maximum atomic E-state index is 12.5. The van der Waals surface area contributed by atoms with E-state index in [0.29, 0.717) is 13.0 Å². The molecule has 2 amide bonds. The highest BCUT2D eigenvalue weighted by Gasteiger charge is 2.45. The molecule has 25 heavy (non-hydrogen) atoms. The van der Waals surface area contributed by atoms with Crippen LogP contribution in [-0.4, -0.2) is 54.4 Å². The summed E-state index contributed by atoms with van der Waals surface area (Å²) in [5, 5.41) is 0. The van der Waals surface area contributed by atoms with E-state index in [1.165, 1.54) is 0 Å². The number of nitrogens with two attached hydrogens (primary N) is 1. The zero-order valence-corrected chi connectivity index (χ0v) is 15.0. The first kappa shape index (κ1) is 17.7. The molecule has 2 fully saturated rings. The molecule has 0 aromatic heterocycles. The van der Waals surface area contributed by atoms with E-state index in [9.17, 15) is 9.59 Å². The number of piperidine rings is 1. The molecule has 1 unspecified atom stereocenters. The quantitative estimate of drug-likeness (QED) is 0.875. The van der Waals surface area contributed by atoms with E-state index in [4.69, 9.17) is 10.5 Å². The van der Waals surface area contributed by atoms with Crippen molar-refractivity contribution in [2.45, 2.75) is 38.8 Å². The van der Waals surface area contributed by atoms with Gasteiger partial charge in [0.05, 0.1) is 13.2 Å². The molecule has 0 bridgehead atoms. The van der Waals surface area contributed by atoms with Gasteiger partial charge < -0.3 is 15.4 Å². The van der Waals surface area contributed by atoms with Gasteiger partial charge in [-0.15, -0.1) is 0 Å². The van der Waals surface area contributed by atoms with Crippen LogP contribution in [0.3, 0.4) is 0 Å². The number of carbonyl (C=O) groups is 2. The zero-order chi connectivity index (χ0) is 18.0. The van der Waals surface area contributed by atoms with E-state index in [2.05, 4.69) is 4.90 Å². The summed E-state index contributed by atoms with van der Waals surface area (Å²) < 4.78 is 5.26. The first-order valence-electron chi connectivity index (χ1n) is 8.86. The summed E-state index contributed by atoms with van der Waals surface area (Å²) in [5.74, 6) is 0.755. The third kappa shape index (κ3) is 3.79. The second-order valence-corrected chi connectivity index (χ2v) is 7.39. The van der Waals surface area contributed by atoms with Crippen LogP contribution in [-0.2, 0) is 16.1 Å². The highest BCUT2D eigenvalue weighted by Crippen LogP contribution is 2.41. The average molecular weight is 345 g/mol. The summed E-state index contributed by atoms with van der Waals surface area (Å²) in [5.41, 5.74) is 6.55. The Morgan fingerprint density at radius 1 is 1.36 bits per heavy atom. The number of hydrogen-bond donors (Lipinski definition) is 1. The van der Waals surface area contributed by atoms with E-state index in [-0.39, 0.29) is 23.3 Å². The van der Waals surface area contributed by atoms with Crippen molar-refractivity contribution in [1.29, 1.82) is 0 Å². The van der Waals surface area contributed by atoms with Gasteiger partial charge in [-0.3, -0.25) is 14.5 Å². The molecule has 0 aliphatic carbocycles. The Balaban J connectivity index is 1.62. The Morgan fingerprint density at radius 2 is 2.08 bits per heavy atom. The highest BCUT2D eigenvalue weighted by molar-refractivity contribution is 5.80. The van der Waals surface area contributed by atoms with Crippen molar-refractivity contribution in [2.75, 3.05) is 26.7 Å². The van der Waals surface area contributed by atoms with Crippen LogP contribution in [0.15, 0.2) is 24.3 Å². The summed E-state index contributed by atoms with van der Waals surface area (Å²) in [4.78, 5) is 28.0. The van der Waals surface area contributed by atoms with E-state index in [1.54, 1.807) is 7.11 Å². The molecule has 1 aromatic carbocycles. The molecule has 2 N–H and O–H groups in total. The number of primary amides is 1. The van der Waals surface area contributed by atoms with E-state index in [0.717, 1.165) is 43.8 Å². The second kappa shape index (κ2) is 7.04. The van der Waals surface area contributed by atoms with Crippen molar-refractivity contribution in [1.82, 2.24) is 9.80 Å². The summed E-state index contributed by atoms with van der Waals surface area (Å²) >= 11 is 0. The van der Waals surface area contributed by atoms with Crippen molar-refractivity contribution in [2.24, 2.45) is 11.1 Å². The minimum atomic E-state index is -0.280. The van der Waals surface area contributed by atoms with E-state index < -0.39 is 0 Å². The second-order valence-electron chi connectivity index (χ2n) is 7.39. The van der Waals surface area contributed by atoms with Crippen LogP contribution in [0.1, 0.15) is 31.7 Å². The topological polar surface area (TPSA) is 75.9 Å². The molecular weight excluding hydrogens is 318 g/mol. The lowest BCUT2D eigenvalue weighted by Crippen LogP contribution is -2.49. The average Bonchev–Trinajstić information content (AvgIpc) is 2.90. The number of methoxy groups -OCH3 is 1. The molecule has 2 saturated heterocycles. The summed E-state index contributed by atoms with van der Waals surface area (Å²) in [6.45, 7) is 4.92. The maximum absolute atomic E-state index is 12.5. The number of carbonyl (C=O) groups excluding carboxylic acids is 2. The van der Waals surface area contributed by atoms with Crippen molar-refractivity contribution in [3.05, 3.63) is 29.8 Å². The molecular formula is C19H27N3O3. The van der Waals surface area contributed by atoms with Gasteiger partial charge in [0.1, 0.15) is 5.75 Å². The molecule has 2 aliphatic rings. The Kier molecular flexibility index (Phi) is 4.99. The number of rotatable bonds is 5. The van der Waals surface area contributed by atoms with Crippen molar-refractivity contribution in [3.8, 4) is 5.75 Å². The fourth-order valence-electron chi connectivity index (χ4n) is 4.02. The molecule has 136 valence electrons. The lowest BCUT2D eigenvalue weighted by Gasteiger charge is -2.40. The number of amides is 2. The third-order valence-electron chi connectivity index (χ3n) is 5.73. The Hall–Kier alpha value is -2.08. The Labute approximate surface area is 148 Å². The maximum Gasteiger partial charge on any atom is 0.234 e. The Morgan fingerprint density at radius 3 is 2.72 bits per heavy atom. The van der Waals surface area contributed by atoms with Crippen LogP contribution in [0.5, 0.6) is 5.75 Å². The normalized spacial score (nSPS) is 21.5. The molecule has 6 heteroatoms. The molecule has 1 atom stereocenters. The number of likely N-dealkylation sites (tertiary alicyclic amines) is 2. The fraction of sp³-hybridized carbons (Fsp3) is 0.579. The van der Waals surface area contributed by atoms with Gasteiger partial charge in [-0.1, -0.05) is 12.1 Å². The molecule has 6 nitrogen and oxygen atoms in total. The van der Waals surface area contributed by atoms with Gasteiger partial charge in [-0.05, 0) is 56.0 Å². The van der Waals surface area contributed by atoms with Gasteiger partial charge in [0.25, 0.3) is 0 Å². The minimum absolute atomic E-state index is 0.0455. The van der Waals surface area contributed by atoms with E-state index in [1.807, 2.05) is 36.1 Å². The van der Waals surface area contributed by atoms with Gasteiger partial charge in [0, 0.05) is 19.5 Å². The van der Waals surface area contributed by atoms with Crippen LogP contribution >= 0.6 is 0 Å². The number of benzene rings is 1. The molecule has 3 rings (SSSR count).